The number of hydrogen-bond donors (Lipinski definition) is 1. The van der Waals surface area contributed by atoms with Crippen molar-refractivity contribution >= 4 is 21.8 Å². The highest BCUT2D eigenvalue weighted by molar-refractivity contribution is 6.04. The van der Waals surface area contributed by atoms with Gasteiger partial charge in [0.1, 0.15) is 5.52 Å². The van der Waals surface area contributed by atoms with Gasteiger partial charge >= 0.3 is 0 Å². The largest absolute Gasteiger partial charge is 0.481 e. The number of hydrogen-bond acceptors (Lipinski definition) is 6. The summed E-state index contributed by atoms with van der Waals surface area (Å²) < 4.78 is 6.78. The van der Waals surface area contributed by atoms with Crippen LogP contribution in [0, 0.1) is 0 Å². The molecule has 0 bridgehead atoms. The molecule has 6 rings (SSSR count). The summed E-state index contributed by atoms with van der Waals surface area (Å²) in [5.74, 6) is 0.587. The van der Waals surface area contributed by atoms with Crippen molar-refractivity contribution in [1.29, 1.82) is 0 Å². The van der Waals surface area contributed by atoms with Gasteiger partial charge in [0.2, 0.25) is 5.88 Å². The second kappa shape index (κ2) is 9.75. The summed E-state index contributed by atoms with van der Waals surface area (Å²) in [6, 6.07) is 17.9. The molecule has 37 heavy (non-hydrogen) atoms. The fourth-order valence-electron chi connectivity index (χ4n) is 5.41. The highest BCUT2D eigenvalue weighted by Gasteiger charge is 2.26. The number of methoxy groups -OCH3 is 1. The van der Waals surface area contributed by atoms with Crippen LogP contribution in [0.25, 0.3) is 32.9 Å². The number of benzene rings is 2. The van der Waals surface area contributed by atoms with E-state index in [9.17, 15) is 9.90 Å². The first kappa shape index (κ1) is 23.3. The van der Waals surface area contributed by atoms with E-state index in [4.69, 9.17) is 4.74 Å². The minimum atomic E-state index is -0.525. The van der Waals surface area contributed by atoms with Crippen LogP contribution in [0.2, 0.25) is 0 Å². The molecular formula is C30H28N4O3. The summed E-state index contributed by atoms with van der Waals surface area (Å²) in [6.07, 6.45) is 8.73. The Labute approximate surface area is 214 Å². The summed E-state index contributed by atoms with van der Waals surface area (Å²) >= 11 is 0. The molecule has 3 aromatic heterocycles. The molecule has 0 amide bonds. The zero-order valence-electron chi connectivity index (χ0n) is 20.7. The van der Waals surface area contributed by atoms with Crippen LogP contribution in [0.4, 0.5) is 0 Å². The zero-order chi connectivity index (χ0) is 25.4. The van der Waals surface area contributed by atoms with Crippen LogP contribution >= 0.6 is 0 Å². The van der Waals surface area contributed by atoms with E-state index < -0.39 is 6.10 Å². The van der Waals surface area contributed by atoms with Crippen LogP contribution in [0.15, 0.2) is 78.1 Å². The molecule has 1 fully saturated rings. The first-order valence-corrected chi connectivity index (χ1v) is 12.7. The van der Waals surface area contributed by atoms with E-state index in [0.29, 0.717) is 29.6 Å². The van der Waals surface area contributed by atoms with E-state index in [2.05, 4.69) is 39.2 Å². The quantitative estimate of drug-likeness (QED) is 0.344. The molecule has 0 saturated heterocycles. The molecule has 0 spiro atoms. The molecule has 2 atom stereocenters. The van der Waals surface area contributed by atoms with Gasteiger partial charge in [-0.3, -0.25) is 14.3 Å². The van der Waals surface area contributed by atoms with Gasteiger partial charge in [-0.1, -0.05) is 43.2 Å². The van der Waals surface area contributed by atoms with Gasteiger partial charge in [-0.15, -0.1) is 0 Å². The number of rotatable bonds is 5. The Kier molecular flexibility index (Phi) is 6.14. The van der Waals surface area contributed by atoms with Gasteiger partial charge in [0, 0.05) is 29.4 Å². The third-order valence-corrected chi connectivity index (χ3v) is 7.41. The molecule has 1 N–H and O–H groups in total. The van der Waals surface area contributed by atoms with E-state index in [-0.39, 0.29) is 11.6 Å². The van der Waals surface area contributed by atoms with Crippen molar-refractivity contribution in [2.45, 2.75) is 44.2 Å². The first-order valence-electron chi connectivity index (χ1n) is 12.7. The lowest BCUT2D eigenvalue weighted by Crippen LogP contribution is -2.34. The van der Waals surface area contributed by atoms with Crippen LogP contribution in [0.3, 0.4) is 0 Å². The number of aliphatic hydroxyl groups is 1. The Morgan fingerprint density at radius 3 is 2.49 bits per heavy atom. The number of pyridine rings is 2. The number of ether oxygens (including phenoxy) is 1. The Bertz CT molecular complexity index is 1630. The Morgan fingerprint density at radius 2 is 1.73 bits per heavy atom. The van der Waals surface area contributed by atoms with Gasteiger partial charge in [-0.2, -0.15) is 0 Å². The van der Waals surface area contributed by atoms with Gasteiger partial charge in [0.25, 0.3) is 5.56 Å². The second-order valence-corrected chi connectivity index (χ2v) is 9.67. The van der Waals surface area contributed by atoms with Gasteiger partial charge in [0.15, 0.2) is 0 Å². The fraction of sp³-hybridized carbons (Fsp3) is 0.267. The highest BCUT2D eigenvalue weighted by Crippen LogP contribution is 2.30. The Hall–Kier alpha value is -4.10. The molecule has 1 aliphatic carbocycles. The summed E-state index contributed by atoms with van der Waals surface area (Å²) in [6.45, 7) is 0. The molecule has 7 nitrogen and oxygen atoms in total. The molecule has 0 unspecified atom stereocenters. The number of aliphatic hydroxyl groups excluding tert-OH is 1. The summed E-state index contributed by atoms with van der Waals surface area (Å²) in [4.78, 5) is 27.2. The predicted octanol–water partition coefficient (Wildman–Crippen LogP) is 5.08. The molecule has 186 valence electrons. The molecule has 7 heteroatoms. The minimum Gasteiger partial charge on any atom is -0.481 e. The Balaban J connectivity index is 1.39. The number of nitrogens with zero attached hydrogens (tertiary/aromatic N) is 4. The molecule has 1 aliphatic rings. The van der Waals surface area contributed by atoms with Gasteiger partial charge < -0.3 is 9.84 Å². The van der Waals surface area contributed by atoms with Gasteiger partial charge in [-0.25, -0.2) is 9.97 Å². The number of aromatic nitrogens is 4. The smallest absolute Gasteiger partial charge is 0.261 e. The van der Waals surface area contributed by atoms with Crippen molar-refractivity contribution in [1.82, 2.24) is 19.5 Å². The van der Waals surface area contributed by atoms with E-state index in [1.807, 2.05) is 30.3 Å². The average molecular weight is 493 g/mol. The lowest BCUT2D eigenvalue weighted by Gasteiger charge is -2.29. The van der Waals surface area contributed by atoms with Crippen molar-refractivity contribution in [3.63, 3.8) is 0 Å². The third-order valence-electron chi connectivity index (χ3n) is 7.41. The van der Waals surface area contributed by atoms with Crippen LogP contribution in [0.5, 0.6) is 5.88 Å². The molecule has 0 aliphatic heterocycles. The second-order valence-electron chi connectivity index (χ2n) is 9.67. The van der Waals surface area contributed by atoms with Crippen molar-refractivity contribution in [3.05, 3.63) is 94.8 Å². The van der Waals surface area contributed by atoms with Crippen LogP contribution in [-0.4, -0.2) is 37.8 Å². The van der Waals surface area contributed by atoms with Crippen molar-refractivity contribution in [2.75, 3.05) is 7.11 Å². The fourth-order valence-corrected chi connectivity index (χ4v) is 5.41. The zero-order valence-corrected chi connectivity index (χ0v) is 20.7. The molecular weight excluding hydrogens is 464 g/mol. The maximum atomic E-state index is 13.6. The maximum Gasteiger partial charge on any atom is 0.261 e. The highest BCUT2D eigenvalue weighted by atomic mass is 16.5. The Morgan fingerprint density at radius 1 is 0.946 bits per heavy atom. The number of fused-ring (bicyclic) bond motifs is 3. The summed E-state index contributed by atoms with van der Waals surface area (Å²) in [7, 11) is 1.60. The molecule has 5 aromatic rings. The van der Waals surface area contributed by atoms with E-state index in [1.54, 1.807) is 30.4 Å². The third kappa shape index (κ3) is 4.36. The molecule has 0 radical (unpaired) electrons. The minimum absolute atomic E-state index is 0.118. The molecule has 1 saturated carbocycles. The monoisotopic (exact) mass is 492 g/mol. The van der Waals surface area contributed by atoms with E-state index in [0.717, 1.165) is 52.4 Å². The van der Waals surface area contributed by atoms with E-state index in [1.165, 1.54) is 0 Å². The van der Waals surface area contributed by atoms with Crippen molar-refractivity contribution in [3.8, 4) is 17.0 Å². The standard InChI is InChI=1S/C30H28N4O3/c1-37-27-13-12-21(17-32-27)20-10-8-19(9-11-20)15-22-16-24-29(28-23(22)5-4-14-31-28)33-18-34(30(24)36)25-6-2-3-7-26(25)35/h4-5,8-14,16-18,25-26,35H,2-3,6-7,15H2,1H3/t25-,26-/m0/s1. The van der Waals surface area contributed by atoms with Gasteiger partial charge in [-0.05, 0) is 54.2 Å². The van der Waals surface area contributed by atoms with Crippen molar-refractivity contribution in [2.24, 2.45) is 0 Å². The lowest BCUT2D eigenvalue weighted by atomic mass is 9.92. The van der Waals surface area contributed by atoms with Crippen LogP contribution < -0.4 is 10.3 Å². The van der Waals surface area contributed by atoms with Gasteiger partial charge in [0.05, 0.1) is 36.5 Å². The van der Waals surface area contributed by atoms with Crippen molar-refractivity contribution < 1.29 is 9.84 Å². The van der Waals surface area contributed by atoms with Crippen LogP contribution in [0.1, 0.15) is 42.9 Å². The molecule has 2 aromatic carbocycles. The SMILES string of the molecule is COc1ccc(-c2ccc(Cc3cc4c(=O)n([C@H]5CCCC[C@@H]5O)cnc4c4ncccc34)cc2)cn1. The topological polar surface area (TPSA) is 90.1 Å². The van der Waals surface area contributed by atoms with Crippen LogP contribution in [-0.2, 0) is 6.42 Å². The maximum absolute atomic E-state index is 13.6. The predicted molar refractivity (Wildman–Crippen MR) is 144 cm³/mol. The first-order chi connectivity index (χ1) is 18.1. The summed E-state index contributed by atoms with van der Waals surface area (Å²) in [5, 5.41) is 12.1. The lowest BCUT2D eigenvalue weighted by molar-refractivity contribution is 0.0735. The average Bonchev–Trinajstić information content (AvgIpc) is 2.95. The normalized spacial score (nSPS) is 17.8. The van der Waals surface area contributed by atoms with E-state index >= 15 is 0 Å². The summed E-state index contributed by atoms with van der Waals surface area (Å²) in [5.41, 5.74) is 5.45. The molecule has 3 heterocycles.